The predicted octanol–water partition coefficient (Wildman–Crippen LogP) is 4.24. The summed E-state index contributed by atoms with van der Waals surface area (Å²) in [4.78, 5) is 18.1. The number of hydrogen-bond acceptors (Lipinski definition) is 4. The first-order chi connectivity index (χ1) is 13.2. The standard InChI is InChI=1S/C22H27N3O2/c1-4-6-15-23-16(3)21-24-20-10-8-7-9-19(20)22(26)25(21)17-11-13-18(14-12-17)27-5-2/h7-14,16,23H,4-6,15H2,1-3H3. The molecule has 142 valence electrons. The van der Waals surface area contributed by atoms with Gasteiger partial charge in [0.15, 0.2) is 0 Å². The minimum absolute atomic E-state index is 0.0413. The number of aromatic nitrogens is 2. The molecule has 0 aliphatic rings. The number of nitrogens with one attached hydrogen (secondary N) is 1. The van der Waals surface area contributed by atoms with Crippen molar-refractivity contribution in [1.82, 2.24) is 14.9 Å². The van der Waals surface area contributed by atoms with E-state index in [-0.39, 0.29) is 11.6 Å². The number of rotatable bonds is 8. The van der Waals surface area contributed by atoms with Gasteiger partial charge in [0.05, 0.1) is 29.2 Å². The summed E-state index contributed by atoms with van der Waals surface area (Å²) in [7, 11) is 0. The first-order valence-corrected chi connectivity index (χ1v) is 9.64. The van der Waals surface area contributed by atoms with E-state index >= 15 is 0 Å². The summed E-state index contributed by atoms with van der Waals surface area (Å²) in [6.07, 6.45) is 2.21. The van der Waals surface area contributed by atoms with Crippen molar-refractivity contribution in [2.75, 3.05) is 13.2 Å². The van der Waals surface area contributed by atoms with Crippen molar-refractivity contribution in [2.45, 2.75) is 39.7 Å². The average Bonchev–Trinajstić information content (AvgIpc) is 2.69. The van der Waals surface area contributed by atoms with E-state index in [4.69, 9.17) is 9.72 Å². The first kappa shape index (κ1) is 19.1. The molecule has 27 heavy (non-hydrogen) atoms. The van der Waals surface area contributed by atoms with Crippen molar-refractivity contribution in [1.29, 1.82) is 0 Å². The molecule has 0 radical (unpaired) electrons. The Morgan fingerprint density at radius 1 is 1.11 bits per heavy atom. The molecule has 0 aliphatic heterocycles. The lowest BCUT2D eigenvalue weighted by Gasteiger charge is -2.20. The molecule has 1 atom stereocenters. The van der Waals surface area contributed by atoms with Gasteiger partial charge in [-0.15, -0.1) is 0 Å². The van der Waals surface area contributed by atoms with Crippen LogP contribution in [0.4, 0.5) is 0 Å². The van der Waals surface area contributed by atoms with E-state index in [2.05, 4.69) is 19.2 Å². The molecular weight excluding hydrogens is 338 g/mol. The fourth-order valence-corrected chi connectivity index (χ4v) is 3.13. The zero-order valence-corrected chi connectivity index (χ0v) is 16.2. The van der Waals surface area contributed by atoms with Gasteiger partial charge in [-0.1, -0.05) is 25.5 Å². The normalized spacial score (nSPS) is 12.3. The fraction of sp³-hybridized carbons (Fsp3) is 0.364. The third-order valence-electron chi connectivity index (χ3n) is 4.58. The molecule has 0 saturated heterocycles. The van der Waals surface area contributed by atoms with E-state index in [1.165, 1.54) is 0 Å². The highest BCUT2D eigenvalue weighted by Crippen LogP contribution is 2.20. The smallest absolute Gasteiger partial charge is 0.266 e. The molecule has 0 aliphatic carbocycles. The molecule has 0 spiro atoms. The van der Waals surface area contributed by atoms with Crippen molar-refractivity contribution in [3.8, 4) is 11.4 Å². The highest BCUT2D eigenvalue weighted by molar-refractivity contribution is 5.77. The van der Waals surface area contributed by atoms with E-state index in [0.29, 0.717) is 12.0 Å². The van der Waals surface area contributed by atoms with Crippen molar-refractivity contribution in [2.24, 2.45) is 0 Å². The number of benzene rings is 2. The second kappa shape index (κ2) is 8.82. The van der Waals surface area contributed by atoms with Crippen LogP contribution >= 0.6 is 0 Å². The largest absolute Gasteiger partial charge is 0.494 e. The van der Waals surface area contributed by atoms with Gasteiger partial charge in [0.1, 0.15) is 11.6 Å². The molecule has 0 fully saturated rings. The first-order valence-electron chi connectivity index (χ1n) is 9.64. The van der Waals surface area contributed by atoms with Crippen LogP contribution in [-0.2, 0) is 0 Å². The lowest BCUT2D eigenvalue weighted by atomic mass is 10.2. The molecule has 1 heterocycles. The molecule has 0 saturated carbocycles. The predicted molar refractivity (Wildman–Crippen MR) is 110 cm³/mol. The van der Waals surface area contributed by atoms with Gasteiger partial charge in [-0.25, -0.2) is 4.98 Å². The maximum absolute atomic E-state index is 13.3. The van der Waals surface area contributed by atoms with Crippen LogP contribution in [0.5, 0.6) is 5.75 Å². The zero-order valence-electron chi connectivity index (χ0n) is 16.2. The highest BCUT2D eigenvalue weighted by atomic mass is 16.5. The summed E-state index contributed by atoms with van der Waals surface area (Å²) in [6, 6.07) is 15.1. The topological polar surface area (TPSA) is 56.2 Å². The number of fused-ring (bicyclic) bond motifs is 1. The Bertz CT molecular complexity index is 948. The summed E-state index contributed by atoms with van der Waals surface area (Å²) in [5, 5.41) is 4.11. The van der Waals surface area contributed by atoms with Crippen molar-refractivity contribution in [3.63, 3.8) is 0 Å². The maximum atomic E-state index is 13.3. The molecule has 5 heteroatoms. The van der Waals surface area contributed by atoms with Crippen LogP contribution in [0.15, 0.2) is 53.3 Å². The Morgan fingerprint density at radius 2 is 1.85 bits per heavy atom. The molecule has 1 N–H and O–H groups in total. The van der Waals surface area contributed by atoms with Crippen LogP contribution in [0.2, 0.25) is 0 Å². The molecule has 2 aromatic carbocycles. The SMILES string of the molecule is CCCCNC(C)c1nc2ccccc2c(=O)n1-c1ccc(OCC)cc1. The Hall–Kier alpha value is -2.66. The number of unbranched alkanes of at least 4 members (excludes halogenated alkanes) is 1. The fourth-order valence-electron chi connectivity index (χ4n) is 3.13. The van der Waals surface area contributed by atoms with Crippen LogP contribution in [0.3, 0.4) is 0 Å². The molecular formula is C22H27N3O2. The molecule has 5 nitrogen and oxygen atoms in total. The van der Waals surface area contributed by atoms with E-state index in [9.17, 15) is 4.79 Å². The van der Waals surface area contributed by atoms with E-state index in [1.54, 1.807) is 4.57 Å². The Labute approximate surface area is 160 Å². The Morgan fingerprint density at radius 3 is 2.56 bits per heavy atom. The number of nitrogens with zero attached hydrogens (tertiary/aromatic N) is 2. The molecule has 1 unspecified atom stereocenters. The summed E-state index contributed by atoms with van der Waals surface area (Å²) in [5.41, 5.74) is 1.47. The van der Waals surface area contributed by atoms with Crippen molar-refractivity contribution < 1.29 is 4.74 Å². The van der Waals surface area contributed by atoms with Gasteiger partial charge >= 0.3 is 0 Å². The second-order valence-electron chi connectivity index (χ2n) is 6.58. The quantitative estimate of drug-likeness (QED) is 0.607. The Kier molecular flexibility index (Phi) is 6.24. The van der Waals surface area contributed by atoms with E-state index in [0.717, 1.165) is 42.2 Å². The minimum Gasteiger partial charge on any atom is -0.494 e. The summed E-state index contributed by atoms with van der Waals surface area (Å²) in [6.45, 7) is 7.67. The highest BCUT2D eigenvalue weighted by Gasteiger charge is 2.17. The molecule has 3 rings (SSSR count). The number of hydrogen-bond donors (Lipinski definition) is 1. The summed E-state index contributed by atoms with van der Waals surface area (Å²) < 4.78 is 7.23. The maximum Gasteiger partial charge on any atom is 0.266 e. The number of para-hydroxylation sites is 1. The molecule has 3 aromatic rings. The molecule has 1 aromatic heterocycles. The zero-order chi connectivity index (χ0) is 19.2. The van der Waals surface area contributed by atoms with Crippen molar-refractivity contribution >= 4 is 10.9 Å². The Balaban J connectivity index is 2.11. The third-order valence-corrected chi connectivity index (χ3v) is 4.58. The van der Waals surface area contributed by atoms with Crippen molar-refractivity contribution in [3.05, 3.63) is 64.7 Å². The van der Waals surface area contributed by atoms with Gasteiger partial charge < -0.3 is 10.1 Å². The van der Waals surface area contributed by atoms with Crippen LogP contribution in [0.25, 0.3) is 16.6 Å². The lowest BCUT2D eigenvalue weighted by molar-refractivity contribution is 0.340. The van der Waals surface area contributed by atoms with Crippen LogP contribution < -0.4 is 15.6 Å². The number of ether oxygens (including phenoxy) is 1. The van der Waals surface area contributed by atoms with Crippen LogP contribution in [-0.4, -0.2) is 22.7 Å². The molecule has 0 bridgehead atoms. The minimum atomic E-state index is -0.0519. The van der Waals surface area contributed by atoms with Gasteiger partial charge in [-0.2, -0.15) is 0 Å². The monoisotopic (exact) mass is 365 g/mol. The lowest BCUT2D eigenvalue weighted by Crippen LogP contribution is -2.30. The van der Waals surface area contributed by atoms with Gasteiger partial charge in [-0.05, 0) is 63.2 Å². The average molecular weight is 365 g/mol. The van der Waals surface area contributed by atoms with E-state index in [1.807, 2.05) is 55.5 Å². The van der Waals surface area contributed by atoms with Crippen LogP contribution in [0.1, 0.15) is 45.5 Å². The summed E-state index contributed by atoms with van der Waals surface area (Å²) in [5.74, 6) is 1.51. The van der Waals surface area contributed by atoms with Gasteiger partial charge in [0, 0.05) is 0 Å². The second-order valence-corrected chi connectivity index (χ2v) is 6.58. The third kappa shape index (κ3) is 4.19. The molecule has 0 amide bonds. The van der Waals surface area contributed by atoms with Gasteiger partial charge in [0.2, 0.25) is 0 Å². The van der Waals surface area contributed by atoms with Gasteiger partial charge in [0.25, 0.3) is 5.56 Å². The van der Waals surface area contributed by atoms with Gasteiger partial charge in [-0.3, -0.25) is 9.36 Å². The summed E-state index contributed by atoms with van der Waals surface area (Å²) >= 11 is 0. The van der Waals surface area contributed by atoms with E-state index < -0.39 is 0 Å². The van der Waals surface area contributed by atoms with Crippen LogP contribution in [0, 0.1) is 0 Å².